The SMILES string of the molecule is CC(C)(C)NC(=O)CNC(=O)C(F)(F)F. The summed E-state index contributed by atoms with van der Waals surface area (Å²) in [7, 11) is 0. The monoisotopic (exact) mass is 226 g/mol. The summed E-state index contributed by atoms with van der Waals surface area (Å²) in [5.41, 5.74) is -0.542. The largest absolute Gasteiger partial charge is 0.471 e. The van der Waals surface area contributed by atoms with Gasteiger partial charge in [0.25, 0.3) is 0 Å². The van der Waals surface area contributed by atoms with E-state index in [0.717, 1.165) is 0 Å². The zero-order valence-electron chi connectivity index (χ0n) is 8.66. The van der Waals surface area contributed by atoms with E-state index in [9.17, 15) is 22.8 Å². The lowest BCUT2D eigenvalue weighted by Crippen LogP contribution is -2.48. The maximum atomic E-state index is 11.7. The normalized spacial score (nSPS) is 12.1. The number of hydrogen-bond acceptors (Lipinski definition) is 2. The molecule has 0 atom stereocenters. The van der Waals surface area contributed by atoms with Crippen LogP contribution in [0.3, 0.4) is 0 Å². The van der Waals surface area contributed by atoms with Crippen LogP contribution in [-0.2, 0) is 9.59 Å². The molecule has 0 rings (SSSR count). The van der Waals surface area contributed by atoms with Gasteiger partial charge in [-0.2, -0.15) is 13.2 Å². The standard InChI is InChI=1S/C8H13F3N2O2/c1-7(2,3)13-5(14)4-12-6(15)8(9,10)11/h4H2,1-3H3,(H,12,15)(H,13,14). The fraction of sp³-hybridized carbons (Fsp3) is 0.750. The zero-order valence-corrected chi connectivity index (χ0v) is 8.66. The quantitative estimate of drug-likeness (QED) is 0.723. The summed E-state index contributed by atoms with van der Waals surface area (Å²) in [4.78, 5) is 21.3. The fourth-order valence-corrected chi connectivity index (χ4v) is 0.723. The predicted octanol–water partition coefficient (Wildman–Crippen LogP) is 0.580. The minimum absolute atomic E-state index is 0.542. The Morgan fingerprint density at radius 2 is 1.60 bits per heavy atom. The number of hydrogen-bond donors (Lipinski definition) is 2. The van der Waals surface area contributed by atoms with Gasteiger partial charge in [0.1, 0.15) is 0 Å². The first-order valence-electron chi connectivity index (χ1n) is 4.18. The molecule has 7 heteroatoms. The van der Waals surface area contributed by atoms with Gasteiger partial charge in [-0.25, -0.2) is 0 Å². The second kappa shape index (κ2) is 4.50. The highest BCUT2D eigenvalue weighted by Crippen LogP contribution is 2.13. The number of rotatable bonds is 2. The Labute approximate surface area is 85.2 Å². The average Bonchev–Trinajstić information content (AvgIpc) is 1.94. The second-order valence-electron chi connectivity index (χ2n) is 3.98. The topological polar surface area (TPSA) is 58.2 Å². The van der Waals surface area contributed by atoms with Crippen LogP contribution in [0.4, 0.5) is 13.2 Å². The van der Waals surface area contributed by atoms with Crippen molar-refractivity contribution in [2.75, 3.05) is 6.54 Å². The Balaban J connectivity index is 3.98. The van der Waals surface area contributed by atoms with E-state index in [2.05, 4.69) is 5.32 Å². The van der Waals surface area contributed by atoms with E-state index >= 15 is 0 Å². The van der Waals surface area contributed by atoms with Gasteiger partial charge in [-0.05, 0) is 20.8 Å². The summed E-state index contributed by atoms with van der Waals surface area (Å²) >= 11 is 0. The third-order valence-corrected chi connectivity index (χ3v) is 1.18. The summed E-state index contributed by atoms with van der Waals surface area (Å²) in [6.45, 7) is 4.35. The van der Waals surface area contributed by atoms with Gasteiger partial charge < -0.3 is 10.6 Å². The van der Waals surface area contributed by atoms with Gasteiger partial charge in [0, 0.05) is 5.54 Å². The van der Waals surface area contributed by atoms with Crippen LogP contribution < -0.4 is 10.6 Å². The first-order chi connectivity index (χ1) is 6.52. The van der Waals surface area contributed by atoms with Gasteiger partial charge >= 0.3 is 12.1 Å². The molecule has 4 nitrogen and oxygen atoms in total. The molecule has 0 saturated carbocycles. The molecule has 0 fully saturated rings. The van der Waals surface area contributed by atoms with E-state index in [0.29, 0.717) is 0 Å². The number of carbonyl (C=O) groups excluding carboxylic acids is 2. The van der Waals surface area contributed by atoms with Crippen molar-refractivity contribution >= 4 is 11.8 Å². The molecule has 0 aromatic carbocycles. The van der Waals surface area contributed by atoms with Crippen LogP contribution in [0.25, 0.3) is 0 Å². The molecule has 15 heavy (non-hydrogen) atoms. The van der Waals surface area contributed by atoms with Gasteiger partial charge in [0.2, 0.25) is 5.91 Å². The van der Waals surface area contributed by atoms with Crippen LogP contribution in [0.1, 0.15) is 20.8 Å². The first kappa shape index (κ1) is 13.7. The van der Waals surface area contributed by atoms with Crippen molar-refractivity contribution in [1.82, 2.24) is 10.6 Å². The summed E-state index contributed by atoms with van der Waals surface area (Å²) in [6, 6.07) is 0. The lowest BCUT2D eigenvalue weighted by Gasteiger charge is -2.20. The highest BCUT2D eigenvalue weighted by atomic mass is 19.4. The minimum Gasteiger partial charge on any atom is -0.350 e. The maximum absolute atomic E-state index is 11.7. The van der Waals surface area contributed by atoms with Gasteiger partial charge in [0.15, 0.2) is 0 Å². The molecule has 0 heterocycles. The Morgan fingerprint density at radius 3 is 1.93 bits per heavy atom. The lowest BCUT2D eigenvalue weighted by atomic mass is 10.1. The predicted molar refractivity (Wildman–Crippen MR) is 47.0 cm³/mol. The van der Waals surface area contributed by atoms with E-state index < -0.39 is 30.1 Å². The summed E-state index contributed by atoms with van der Waals surface area (Å²) in [6.07, 6.45) is -4.96. The molecule has 0 aromatic rings. The summed E-state index contributed by atoms with van der Waals surface area (Å²) in [5.74, 6) is -2.79. The van der Waals surface area contributed by atoms with Crippen molar-refractivity contribution < 1.29 is 22.8 Å². The zero-order chi connectivity index (χ0) is 12.3. The van der Waals surface area contributed by atoms with Crippen LogP contribution in [0.5, 0.6) is 0 Å². The molecule has 0 aliphatic rings. The fourth-order valence-electron chi connectivity index (χ4n) is 0.723. The Kier molecular flexibility index (Phi) is 4.12. The van der Waals surface area contributed by atoms with Crippen LogP contribution in [0.2, 0.25) is 0 Å². The molecule has 0 unspecified atom stereocenters. The average molecular weight is 226 g/mol. The highest BCUT2D eigenvalue weighted by Gasteiger charge is 2.38. The maximum Gasteiger partial charge on any atom is 0.471 e. The highest BCUT2D eigenvalue weighted by molar-refractivity contribution is 5.87. The van der Waals surface area contributed by atoms with E-state index in [1.54, 1.807) is 20.8 Å². The van der Waals surface area contributed by atoms with Crippen molar-refractivity contribution in [3.8, 4) is 0 Å². The molecule has 0 aliphatic heterocycles. The van der Waals surface area contributed by atoms with E-state index in [-0.39, 0.29) is 0 Å². The van der Waals surface area contributed by atoms with E-state index in [4.69, 9.17) is 0 Å². The number of nitrogens with one attached hydrogen (secondary N) is 2. The van der Waals surface area contributed by atoms with Crippen molar-refractivity contribution in [2.24, 2.45) is 0 Å². The molecule has 0 saturated heterocycles. The van der Waals surface area contributed by atoms with Crippen LogP contribution in [-0.4, -0.2) is 30.1 Å². The van der Waals surface area contributed by atoms with Crippen molar-refractivity contribution in [1.29, 1.82) is 0 Å². The van der Waals surface area contributed by atoms with Gasteiger partial charge in [-0.1, -0.05) is 0 Å². The molecule has 0 aromatic heterocycles. The Morgan fingerprint density at radius 1 is 1.13 bits per heavy atom. The van der Waals surface area contributed by atoms with Gasteiger partial charge in [-0.3, -0.25) is 9.59 Å². The molecular weight excluding hydrogens is 213 g/mol. The van der Waals surface area contributed by atoms with Crippen LogP contribution >= 0.6 is 0 Å². The Hall–Kier alpha value is -1.27. The first-order valence-corrected chi connectivity index (χ1v) is 4.18. The number of alkyl halides is 3. The number of amides is 2. The van der Waals surface area contributed by atoms with Crippen molar-refractivity contribution in [2.45, 2.75) is 32.5 Å². The lowest BCUT2D eigenvalue weighted by molar-refractivity contribution is -0.173. The van der Waals surface area contributed by atoms with Crippen molar-refractivity contribution in [3.63, 3.8) is 0 Å². The number of carbonyl (C=O) groups is 2. The van der Waals surface area contributed by atoms with Crippen LogP contribution in [0.15, 0.2) is 0 Å². The number of halogens is 3. The van der Waals surface area contributed by atoms with E-state index in [1.165, 1.54) is 5.32 Å². The molecule has 0 spiro atoms. The molecule has 2 amide bonds. The van der Waals surface area contributed by atoms with Gasteiger partial charge in [0.05, 0.1) is 6.54 Å². The third kappa shape index (κ3) is 6.75. The smallest absolute Gasteiger partial charge is 0.350 e. The third-order valence-electron chi connectivity index (χ3n) is 1.18. The molecule has 88 valence electrons. The molecule has 0 bridgehead atoms. The summed E-state index contributed by atoms with van der Waals surface area (Å²) < 4.78 is 35.1. The molecule has 0 aliphatic carbocycles. The molecule has 0 radical (unpaired) electrons. The van der Waals surface area contributed by atoms with Gasteiger partial charge in [-0.15, -0.1) is 0 Å². The van der Waals surface area contributed by atoms with E-state index in [1.807, 2.05) is 0 Å². The Bertz CT molecular complexity index is 256. The van der Waals surface area contributed by atoms with Crippen molar-refractivity contribution in [3.05, 3.63) is 0 Å². The van der Waals surface area contributed by atoms with Crippen LogP contribution in [0, 0.1) is 0 Å². The second-order valence-corrected chi connectivity index (χ2v) is 3.98. The molecule has 2 N–H and O–H groups in total. The minimum atomic E-state index is -4.96. The molecular formula is C8H13F3N2O2. The summed E-state index contributed by atoms with van der Waals surface area (Å²) in [5, 5.41) is 3.87.